The average Bonchev–Trinajstić information content (AvgIpc) is 3.33. The van der Waals surface area contributed by atoms with E-state index in [9.17, 15) is 9.59 Å². The van der Waals surface area contributed by atoms with E-state index in [-0.39, 0.29) is 24.8 Å². The van der Waals surface area contributed by atoms with E-state index in [1.807, 2.05) is 30.3 Å². The molecule has 0 aliphatic carbocycles. The Labute approximate surface area is 152 Å². The standard InChI is InChI=1S/C19H24N4O3/c24-18(20-17-8-13-26-21-17)15-23(12-11-22-9-4-5-10-22)19(25)14-16-6-2-1-3-7-16/h1-3,6-8,13H,4-5,9-12,14-15H2,(H,20,21,24). The SMILES string of the molecule is O=C(CN(CCN1CCCC1)C(=O)Cc1ccccc1)Nc1ccon1. The van der Waals surface area contributed by atoms with E-state index in [0.29, 0.717) is 12.4 Å². The molecule has 138 valence electrons. The lowest BCUT2D eigenvalue weighted by Gasteiger charge is -2.25. The molecule has 1 saturated heterocycles. The fourth-order valence-electron chi connectivity index (χ4n) is 3.08. The van der Waals surface area contributed by atoms with E-state index in [1.165, 1.54) is 19.1 Å². The number of hydrogen-bond acceptors (Lipinski definition) is 5. The van der Waals surface area contributed by atoms with Crippen molar-refractivity contribution in [3.63, 3.8) is 0 Å². The van der Waals surface area contributed by atoms with Crippen LogP contribution in [-0.4, -0.2) is 59.5 Å². The van der Waals surface area contributed by atoms with Crippen molar-refractivity contribution in [1.82, 2.24) is 15.0 Å². The molecular weight excluding hydrogens is 332 g/mol. The van der Waals surface area contributed by atoms with E-state index in [0.717, 1.165) is 25.2 Å². The highest BCUT2D eigenvalue weighted by Gasteiger charge is 2.20. The molecule has 0 unspecified atom stereocenters. The molecule has 1 aliphatic rings. The third-order valence-corrected chi connectivity index (χ3v) is 4.48. The van der Waals surface area contributed by atoms with Crippen LogP contribution >= 0.6 is 0 Å². The zero-order valence-corrected chi connectivity index (χ0v) is 14.8. The summed E-state index contributed by atoms with van der Waals surface area (Å²) in [5.41, 5.74) is 0.945. The quantitative estimate of drug-likeness (QED) is 0.780. The Morgan fingerprint density at radius 2 is 1.92 bits per heavy atom. The van der Waals surface area contributed by atoms with Crippen LogP contribution in [0.5, 0.6) is 0 Å². The average molecular weight is 356 g/mol. The van der Waals surface area contributed by atoms with Crippen LogP contribution < -0.4 is 5.32 Å². The topological polar surface area (TPSA) is 78.7 Å². The van der Waals surface area contributed by atoms with Gasteiger partial charge in [-0.25, -0.2) is 0 Å². The Balaban J connectivity index is 1.59. The molecule has 7 nitrogen and oxygen atoms in total. The smallest absolute Gasteiger partial charge is 0.245 e. The molecule has 0 saturated carbocycles. The maximum atomic E-state index is 12.7. The molecule has 2 aromatic rings. The lowest BCUT2D eigenvalue weighted by Crippen LogP contribution is -2.43. The first-order valence-electron chi connectivity index (χ1n) is 8.95. The first-order chi connectivity index (χ1) is 12.7. The summed E-state index contributed by atoms with van der Waals surface area (Å²) in [6, 6.07) is 11.2. The molecule has 0 atom stereocenters. The van der Waals surface area contributed by atoms with Gasteiger partial charge >= 0.3 is 0 Å². The van der Waals surface area contributed by atoms with Gasteiger partial charge in [-0.1, -0.05) is 35.5 Å². The predicted octanol–water partition coefficient (Wildman–Crippen LogP) is 1.78. The molecule has 2 amide bonds. The zero-order valence-electron chi connectivity index (χ0n) is 14.8. The van der Waals surface area contributed by atoms with Gasteiger partial charge in [-0.2, -0.15) is 0 Å². The van der Waals surface area contributed by atoms with Crippen molar-refractivity contribution in [3.8, 4) is 0 Å². The molecule has 2 heterocycles. The summed E-state index contributed by atoms with van der Waals surface area (Å²) < 4.78 is 4.71. The summed E-state index contributed by atoms with van der Waals surface area (Å²) in [5.74, 6) is 0.0254. The van der Waals surface area contributed by atoms with Crippen LogP contribution in [0.2, 0.25) is 0 Å². The van der Waals surface area contributed by atoms with Gasteiger partial charge in [0.25, 0.3) is 0 Å². The van der Waals surface area contributed by atoms with E-state index in [1.54, 1.807) is 11.0 Å². The minimum absolute atomic E-state index is 0.00632. The Kier molecular flexibility index (Phi) is 6.38. The fourth-order valence-corrected chi connectivity index (χ4v) is 3.08. The Bertz CT molecular complexity index is 697. The fraction of sp³-hybridized carbons (Fsp3) is 0.421. The van der Waals surface area contributed by atoms with Gasteiger partial charge in [0.2, 0.25) is 11.8 Å². The molecule has 0 spiro atoms. The Hall–Kier alpha value is -2.67. The van der Waals surface area contributed by atoms with Crippen molar-refractivity contribution in [1.29, 1.82) is 0 Å². The van der Waals surface area contributed by atoms with E-state index < -0.39 is 0 Å². The Morgan fingerprint density at radius 1 is 1.15 bits per heavy atom. The molecule has 1 aromatic carbocycles. The van der Waals surface area contributed by atoms with Gasteiger partial charge in [-0.15, -0.1) is 0 Å². The highest BCUT2D eigenvalue weighted by Crippen LogP contribution is 2.09. The number of aromatic nitrogens is 1. The first-order valence-corrected chi connectivity index (χ1v) is 8.95. The van der Waals surface area contributed by atoms with E-state index >= 15 is 0 Å². The lowest BCUT2D eigenvalue weighted by atomic mass is 10.1. The van der Waals surface area contributed by atoms with E-state index in [2.05, 4.69) is 15.4 Å². The minimum atomic E-state index is -0.276. The molecule has 26 heavy (non-hydrogen) atoms. The Morgan fingerprint density at radius 3 is 2.62 bits per heavy atom. The highest BCUT2D eigenvalue weighted by atomic mass is 16.5. The van der Waals surface area contributed by atoms with Gasteiger partial charge in [0, 0.05) is 19.2 Å². The number of rotatable bonds is 8. The molecule has 1 aromatic heterocycles. The molecule has 7 heteroatoms. The summed E-state index contributed by atoms with van der Waals surface area (Å²) in [6.07, 6.45) is 4.08. The lowest BCUT2D eigenvalue weighted by molar-refractivity contribution is -0.134. The van der Waals surface area contributed by atoms with Crippen LogP contribution in [0.15, 0.2) is 47.2 Å². The second kappa shape index (κ2) is 9.15. The van der Waals surface area contributed by atoms with Crippen molar-refractivity contribution in [2.45, 2.75) is 19.3 Å². The second-order valence-corrected chi connectivity index (χ2v) is 6.46. The number of hydrogen-bond donors (Lipinski definition) is 1. The molecule has 3 rings (SSSR count). The molecule has 1 fully saturated rings. The van der Waals surface area contributed by atoms with Crippen molar-refractivity contribution in [2.75, 3.05) is 38.0 Å². The number of likely N-dealkylation sites (tertiary alicyclic amines) is 1. The third kappa shape index (κ3) is 5.42. The number of benzene rings is 1. The highest BCUT2D eigenvalue weighted by molar-refractivity contribution is 5.94. The zero-order chi connectivity index (χ0) is 18.2. The van der Waals surface area contributed by atoms with Crippen molar-refractivity contribution < 1.29 is 14.1 Å². The summed E-state index contributed by atoms with van der Waals surface area (Å²) in [7, 11) is 0. The van der Waals surface area contributed by atoms with Crippen LogP contribution in [-0.2, 0) is 16.0 Å². The number of nitrogens with zero attached hydrogens (tertiary/aromatic N) is 3. The monoisotopic (exact) mass is 356 g/mol. The minimum Gasteiger partial charge on any atom is -0.363 e. The molecule has 0 radical (unpaired) electrons. The van der Waals surface area contributed by atoms with Gasteiger partial charge in [0.05, 0.1) is 13.0 Å². The maximum absolute atomic E-state index is 12.7. The molecule has 0 bridgehead atoms. The maximum Gasteiger partial charge on any atom is 0.245 e. The number of anilines is 1. The van der Waals surface area contributed by atoms with Crippen LogP contribution in [0.4, 0.5) is 5.82 Å². The predicted molar refractivity (Wildman–Crippen MR) is 97.5 cm³/mol. The molecular formula is C19H24N4O3. The number of carbonyl (C=O) groups excluding carboxylic acids is 2. The summed E-state index contributed by atoms with van der Waals surface area (Å²) >= 11 is 0. The van der Waals surface area contributed by atoms with Crippen LogP contribution in [0.1, 0.15) is 18.4 Å². The van der Waals surface area contributed by atoms with E-state index in [4.69, 9.17) is 4.52 Å². The number of carbonyl (C=O) groups is 2. The number of nitrogens with one attached hydrogen (secondary N) is 1. The normalized spacial score (nSPS) is 14.3. The van der Waals surface area contributed by atoms with Crippen LogP contribution in [0, 0.1) is 0 Å². The molecule has 1 N–H and O–H groups in total. The van der Waals surface area contributed by atoms with Gasteiger partial charge in [-0.3, -0.25) is 9.59 Å². The number of amides is 2. The van der Waals surface area contributed by atoms with Crippen molar-refractivity contribution in [2.24, 2.45) is 0 Å². The summed E-state index contributed by atoms with van der Waals surface area (Å²) in [5, 5.41) is 6.31. The third-order valence-electron chi connectivity index (χ3n) is 4.48. The molecule has 1 aliphatic heterocycles. The van der Waals surface area contributed by atoms with Gasteiger partial charge < -0.3 is 19.6 Å². The second-order valence-electron chi connectivity index (χ2n) is 6.46. The van der Waals surface area contributed by atoms with Crippen molar-refractivity contribution >= 4 is 17.6 Å². The van der Waals surface area contributed by atoms with Crippen LogP contribution in [0.3, 0.4) is 0 Å². The van der Waals surface area contributed by atoms with Gasteiger partial charge in [0.1, 0.15) is 6.26 Å². The van der Waals surface area contributed by atoms with Gasteiger partial charge in [-0.05, 0) is 31.5 Å². The van der Waals surface area contributed by atoms with Crippen molar-refractivity contribution in [3.05, 3.63) is 48.2 Å². The largest absolute Gasteiger partial charge is 0.363 e. The summed E-state index contributed by atoms with van der Waals surface area (Å²) in [4.78, 5) is 29.0. The van der Waals surface area contributed by atoms with Crippen LogP contribution in [0.25, 0.3) is 0 Å². The first kappa shape index (κ1) is 18.1. The van der Waals surface area contributed by atoms with Gasteiger partial charge in [0.15, 0.2) is 5.82 Å². The summed E-state index contributed by atoms with van der Waals surface area (Å²) in [6.45, 7) is 3.46.